The van der Waals surface area contributed by atoms with Crippen molar-refractivity contribution in [3.8, 4) is 22.9 Å². The zero-order valence-corrected chi connectivity index (χ0v) is 20.1. The fraction of sp³-hybridized carbons (Fsp3) is 0.280. The van der Waals surface area contributed by atoms with Crippen molar-refractivity contribution in [3.05, 3.63) is 73.3 Å². The molecule has 0 bridgehead atoms. The molecule has 2 heterocycles. The van der Waals surface area contributed by atoms with E-state index in [0.29, 0.717) is 30.5 Å². The third kappa shape index (κ3) is 4.19. The van der Waals surface area contributed by atoms with E-state index < -0.39 is 0 Å². The molecular weight excluding hydrogens is 488 g/mol. The van der Waals surface area contributed by atoms with Crippen LogP contribution in [0.5, 0.6) is 11.5 Å². The Balaban J connectivity index is 1.47. The van der Waals surface area contributed by atoms with E-state index in [1.54, 1.807) is 11.3 Å². The summed E-state index contributed by atoms with van der Waals surface area (Å²) in [5, 5.41) is 0.771. The van der Waals surface area contributed by atoms with Gasteiger partial charge in [0.15, 0.2) is 11.5 Å². The summed E-state index contributed by atoms with van der Waals surface area (Å²) in [5.74, 6) is 1.85. The van der Waals surface area contributed by atoms with Gasteiger partial charge in [-0.1, -0.05) is 28.1 Å². The number of hydrogen-bond donors (Lipinski definition) is 1. The number of H-pyrrole nitrogens is 1. The van der Waals surface area contributed by atoms with Gasteiger partial charge in [-0.05, 0) is 74.1 Å². The summed E-state index contributed by atoms with van der Waals surface area (Å²) in [7, 11) is 0. The number of nitrogens with one attached hydrogen (secondary N) is 1. The van der Waals surface area contributed by atoms with Crippen LogP contribution in [0.2, 0.25) is 0 Å². The average Bonchev–Trinajstić information content (AvgIpc) is 3.18. The number of rotatable bonds is 6. The fourth-order valence-electron chi connectivity index (χ4n) is 4.09. The van der Waals surface area contributed by atoms with Gasteiger partial charge in [0.1, 0.15) is 17.3 Å². The molecule has 0 atom stereocenters. The first-order valence-corrected chi connectivity index (χ1v) is 12.4. The number of nitrogens with zero attached hydrogens (tertiary/aromatic N) is 1. The second-order valence-corrected chi connectivity index (χ2v) is 9.81. The molecule has 5 nitrogen and oxygen atoms in total. The standard InChI is InChI=1S/C25H23BrN2O3S/c1-2-30-20-13-16(9-12-19(20)31-14-15-7-10-17(26)11-8-15)23-27-24(29)22-18-5-3-4-6-21(18)32-25(22)28-23/h7-13H,2-6,14H2,1H3,(H,27,28,29). The molecule has 2 aromatic carbocycles. The van der Waals surface area contributed by atoms with E-state index in [2.05, 4.69) is 20.9 Å². The largest absolute Gasteiger partial charge is 0.490 e. The normalized spacial score (nSPS) is 13.2. The number of halogens is 1. The molecule has 0 unspecified atom stereocenters. The van der Waals surface area contributed by atoms with E-state index in [9.17, 15) is 4.79 Å². The topological polar surface area (TPSA) is 64.2 Å². The summed E-state index contributed by atoms with van der Waals surface area (Å²) in [4.78, 5) is 22.9. The zero-order valence-electron chi connectivity index (χ0n) is 17.7. The maximum atomic E-state index is 12.9. The van der Waals surface area contributed by atoms with Crippen molar-refractivity contribution in [2.24, 2.45) is 0 Å². The molecule has 0 fully saturated rings. The van der Waals surface area contributed by atoms with Gasteiger partial charge >= 0.3 is 0 Å². The number of thiophene rings is 1. The van der Waals surface area contributed by atoms with Crippen molar-refractivity contribution >= 4 is 37.5 Å². The molecule has 32 heavy (non-hydrogen) atoms. The Labute approximate surface area is 198 Å². The van der Waals surface area contributed by atoms with Crippen LogP contribution in [0.25, 0.3) is 21.6 Å². The second-order valence-electron chi connectivity index (χ2n) is 7.82. The van der Waals surface area contributed by atoms with Crippen LogP contribution < -0.4 is 15.0 Å². The minimum absolute atomic E-state index is 0.0575. The highest BCUT2D eigenvalue weighted by Gasteiger charge is 2.20. The van der Waals surface area contributed by atoms with E-state index in [-0.39, 0.29) is 5.56 Å². The van der Waals surface area contributed by atoms with Crippen LogP contribution in [-0.2, 0) is 19.4 Å². The SMILES string of the molecule is CCOc1cc(-c2nc3sc4c(c3c(=O)[nH]2)CCCC4)ccc1OCc1ccc(Br)cc1. The van der Waals surface area contributed by atoms with Crippen molar-refractivity contribution < 1.29 is 9.47 Å². The van der Waals surface area contributed by atoms with Gasteiger partial charge in [-0.15, -0.1) is 11.3 Å². The van der Waals surface area contributed by atoms with Crippen LogP contribution in [0.1, 0.15) is 35.8 Å². The fourth-order valence-corrected chi connectivity index (χ4v) is 5.61. The lowest BCUT2D eigenvalue weighted by Crippen LogP contribution is -2.11. The molecule has 2 aromatic heterocycles. The minimum atomic E-state index is -0.0575. The molecule has 1 N–H and O–H groups in total. The number of aromatic nitrogens is 2. The van der Waals surface area contributed by atoms with E-state index in [1.165, 1.54) is 16.9 Å². The number of aromatic amines is 1. The van der Waals surface area contributed by atoms with Crippen LogP contribution in [0.15, 0.2) is 51.7 Å². The van der Waals surface area contributed by atoms with Crippen LogP contribution in [0.4, 0.5) is 0 Å². The lowest BCUT2D eigenvalue weighted by Gasteiger charge is -2.13. The van der Waals surface area contributed by atoms with E-state index in [0.717, 1.165) is 45.1 Å². The Morgan fingerprint density at radius 2 is 1.88 bits per heavy atom. The quantitative estimate of drug-likeness (QED) is 0.332. The first-order valence-electron chi connectivity index (χ1n) is 10.8. The summed E-state index contributed by atoms with van der Waals surface area (Å²) in [6.07, 6.45) is 4.34. The Hall–Kier alpha value is -2.64. The summed E-state index contributed by atoms with van der Waals surface area (Å²) in [5.41, 5.74) is 3.01. The van der Waals surface area contributed by atoms with E-state index >= 15 is 0 Å². The monoisotopic (exact) mass is 510 g/mol. The summed E-state index contributed by atoms with van der Waals surface area (Å²) in [6.45, 7) is 2.89. The van der Waals surface area contributed by atoms with Crippen LogP contribution in [0, 0.1) is 0 Å². The van der Waals surface area contributed by atoms with Crippen LogP contribution in [-0.4, -0.2) is 16.6 Å². The molecule has 0 saturated carbocycles. The first kappa shape index (κ1) is 21.2. The van der Waals surface area contributed by atoms with E-state index in [4.69, 9.17) is 14.5 Å². The number of ether oxygens (including phenoxy) is 2. The molecule has 0 amide bonds. The Morgan fingerprint density at radius 3 is 2.69 bits per heavy atom. The molecule has 5 rings (SSSR count). The van der Waals surface area contributed by atoms with Crippen molar-refractivity contribution in [1.82, 2.24) is 9.97 Å². The van der Waals surface area contributed by atoms with E-state index in [1.807, 2.05) is 49.4 Å². The summed E-state index contributed by atoms with van der Waals surface area (Å²) < 4.78 is 12.9. The van der Waals surface area contributed by atoms with Crippen LogP contribution in [0.3, 0.4) is 0 Å². The molecule has 0 aliphatic heterocycles. The average molecular weight is 511 g/mol. The molecule has 0 radical (unpaired) electrons. The lowest BCUT2D eigenvalue weighted by atomic mass is 9.97. The third-order valence-electron chi connectivity index (χ3n) is 5.65. The highest BCUT2D eigenvalue weighted by atomic mass is 79.9. The smallest absolute Gasteiger partial charge is 0.260 e. The number of hydrogen-bond acceptors (Lipinski definition) is 5. The lowest BCUT2D eigenvalue weighted by molar-refractivity contribution is 0.269. The van der Waals surface area contributed by atoms with Gasteiger partial charge in [0.2, 0.25) is 0 Å². The number of benzene rings is 2. The Bertz CT molecular complexity index is 1330. The van der Waals surface area contributed by atoms with Gasteiger partial charge in [-0.2, -0.15) is 0 Å². The second kappa shape index (κ2) is 9.08. The molecule has 7 heteroatoms. The number of aryl methyl sites for hydroxylation is 2. The maximum absolute atomic E-state index is 12.9. The molecule has 4 aromatic rings. The summed E-state index contributed by atoms with van der Waals surface area (Å²) >= 11 is 5.11. The van der Waals surface area contributed by atoms with Gasteiger partial charge < -0.3 is 14.5 Å². The van der Waals surface area contributed by atoms with Crippen molar-refractivity contribution in [2.75, 3.05) is 6.61 Å². The molecule has 164 valence electrons. The van der Waals surface area contributed by atoms with Gasteiger partial charge in [-0.25, -0.2) is 4.98 Å². The molecule has 0 saturated heterocycles. The predicted octanol–water partition coefficient (Wildman–Crippen LogP) is 6.27. The predicted molar refractivity (Wildman–Crippen MR) is 132 cm³/mol. The summed E-state index contributed by atoms with van der Waals surface area (Å²) in [6, 6.07) is 13.7. The molecule has 1 aliphatic carbocycles. The molecule has 0 spiro atoms. The van der Waals surface area contributed by atoms with Crippen molar-refractivity contribution in [3.63, 3.8) is 0 Å². The number of fused-ring (bicyclic) bond motifs is 3. The maximum Gasteiger partial charge on any atom is 0.260 e. The van der Waals surface area contributed by atoms with Gasteiger partial charge in [-0.3, -0.25) is 4.79 Å². The first-order chi connectivity index (χ1) is 15.6. The van der Waals surface area contributed by atoms with Gasteiger partial charge in [0, 0.05) is 14.9 Å². The van der Waals surface area contributed by atoms with Gasteiger partial charge in [0.25, 0.3) is 5.56 Å². The van der Waals surface area contributed by atoms with Crippen molar-refractivity contribution in [2.45, 2.75) is 39.2 Å². The van der Waals surface area contributed by atoms with Crippen LogP contribution >= 0.6 is 27.3 Å². The Kier molecular flexibility index (Phi) is 6.02. The highest BCUT2D eigenvalue weighted by Crippen LogP contribution is 2.36. The Morgan fingerprint density at radius 1 is 1.06 bits per heavy atom. The highest BCUT2D eigenvalue weighted by molar-refractivity contribution is 9.10. The zero-order chi connectivity index (χ0) is 22.1. The minimum Gasteiger partial charge on any atom is -0.490 e. The van der Waals surface area contributed by atoms with Crippen molar-refractivity contribution in [1.29, 1.82) is 0 Å². The molecule has 1 aliphatic rings. The third-order valence-corrected chi connectivity index (χ3v) is 7.36. The molecular formula is C25H23BrN2O3S. The van der Waals surface area contributed by atoms with Gasteiger partial charge in [0.05, 0.1) is 12.0 Å².